The van der Waals surface area contributed by atoms with E-state index in [2.05, 4.69) is 0 Å². The summed E-state index contributed by atoms with van der Waals surface area (Å²) in [5, 5.41) is 0. The van der Waals surface area contributed by atoms with Crippen molar-refractivity contribution in [2.75, 3.05) is 30.7 Å². The van der Waals surface area contributed by atoms with E-state index < -0.39 is 16.1 Å². The van der Waals surface area contributed by atoms with Gasteiger partial charge in [-0.25, -0.2) is 8.42 Å². The van der Waals surface area contributed by atoms with Gasteiger partial charge in [-0.15, -0.1) is 0 Å². The molecule has 1 amide bonds. The van der Waals surface area contributed by atoms with E-state index in [-0.39, 0.29) is 5.91 Å². The zero-order valence-electron chi connectivity index (χ0n) is 14.6. The number of ether oxygens (including phenoxy) is 1. The summed E-state index contributed by atoms with van der Waals surface area (Å²) in [6, 6.07) is 6.70. The van der Waals surface area contributed by atoms with Gasteiger partial charge in [-0.3, -0.25) is 9.10 Å². The lowest BCUT2D eigenvalue weighted by Gasteiger charge is -2.24. The van der Waals surface area contributed by atoms with Crippen molar-refractivity contribution in [2.24, 2.45) is 0 Å². The van der Waals surface area contributed by atoms with Gasteiger partial charge in [0.15, 0.2) is 6.10 Å². The third-order valence-corrected chi connectivity index (χ3v) is 5.48. The maximum Gasteiger partial charge on any atom is 0.263 e. The molecule has 1 saturated heterocycles. The van der Waals surface area contributed by atoms with E-state index in [4.69, 9.17) is 4.74 Å². The van der Waals surface area contributed by atoms with Crippen molar-refractivity contribution in [3.05, 3.63) is 24.3 Å². The molecule has 0 N–H and O–H groups in total. The summed E-state index contributed by atoms with van der Waals surface area (Å²) in [6.07, 6.45) is 5.04. The molecule has 0 spiro atoms. The number of anilines is 1. The molecule has 6 nitrogen and oxygen atoms in total. The maximum atomic E-state index is 12.5. The van der Waals surface area contributed by atoms with Crippen LogP contribution in [0.1, 0.15) is 32.6 Å². The fourth-order valence-corrected chi connectivity index (χ4v) is 3.23. The molecule has 134 valence electrons. The Balaban J connectivity index is 1.98. The summed E-state index contributed by atoms with van der Waals surface area (Å²) >= 11 is 0. The molecule has 24 heavy (non-hydrogen) atoms. The number of amides is 1. The van der Waals surface area contributed by atoms with Gasteiger partial charge in [-0.05, 0) is 44.0 Å². The van der Waals surface area contributed by atoms with Crippen molar-refractivity contribution in [1.29, 1.82) is 0 Å². The number of carbonyl (C=O) groups excluding carboxylic acids is 1. The highest BCUT2D eigenvalue weighted by Gasteiger charge is 2.23. The van der Waals surface area contributed by atoms with E-state index in [1.54, 1.807) is 31.2 Å². The number of nitrogens with zero attached hydrogens (tertiary/aromatic N) is 2. The van der Waals surface area contributed by atoms with E-state index >= 15 is 0 Å². The van der Waals surface area contributed by atoms with Crippen LogP contribution in [0.4, 0.5) is 5.69 Å². The minimum absolute atomic E-state index is 0.00855. The van der Waals surface area contributed by atoms with Crippen LogP contribution in [0.5, 0.6) is 5.75 Å². The molecule has 1 atom stereocenters. The Hall–Kier alpha value is -1.76. The third-order valence-electron chi connectivity index (χ3n) is 4.28. The first kappa shape index (κ1) is 18.6. The highest BCUT2D eigenvalue weighted by molar-refractivity contribution is 7.92. The summed E-state index contributed by atoms with van der Waals surface area (Å²) < 4.78 is 30.0. The Bertz CT molecular complexity index is 650. The quantitative estimate of drug-likeness (QED) is 0.813. The SMILES string of the molecule is C[C@@H](Oc1ccc(N(C)S(C)(=O)=O)cc1)C(=O)N1CCCCCC1. The molecule has 0 bridgehead atoms. The van der Waals surface area contributed by atoms with Gasteiger partial charge in [0.1, 0.15) is 5.75 Å². The van der Waals surface area contributed by atoms with Crippen LogP contribution in [0.3, 0.4) is 0 Å². The molecule has 2 rings (SSSR count). The summed E-state index contributed by atoms with van der Waals surface area (Å²) in [4.78, 5) is 14.4. The zero-order chi connectivity index (χ0) is 17.7. The second-order valence-electron chi connectivity index (χ2n) is 6.22. The molecule has 0 unspecified atom stereocenters. The number of sulfonamides is 1. The standard InChI is InChI=1S/C17H26N2O4S/c1-14(17(20)19-12-6-4-5-7-13-19)23-16-10-8-15(9-11-16)18(2)24(3,21)22/h8-11,14H,4-7,12-13H2,1-3H3/t14-/m1/s1. The fraction of sp³-hybridized carbons (Fsp3) is 0.588. The van der Waals surface area contributed by atoms with Crippen molar-refractivity contribution in [2.45, 2.75) is 38.7 Å². The summed E-state index contributed by atoms with van der Waals surface area (Å²) in [5.41, 5.74) is 0.552. The van der Waals surface area contributed by atoms with Crippen LogP contribution >= 0.6 is 0 Å². The van der Waals surface area contributed by atoms with Gasteiger partial charge in [-0.1, -0.05) is 12.8 Å². The molecule has 1 aliphatic heterocycles. The van der Waals surface area contributed by atoms with E-state index in [1.165, 1.54) is 24.2 Å². The predicted octanol–water partition coefficient (Wildman–Crippen LogP) is 2.25. The number of rotatable bonds is 5. The van der Waals surface area contributed by atoms with Crippen LogP contribution in [0, 0.1) is 0 Å². The van der Waals surface area contributed by atoms with Crippen molar-refractivity contribution in [3.8, 4) is 5.75 Å². The average Bonchev–Trinajstić information content (AvgIpc) is 2.82. The van der Waals surface area contributed by atoms with E-state index in [0.717, 1.165) is 32.2 Å². The summed E-state index contributed by atoms with van der Waals surface area (Å²) in [5.74, 6) is 0.561. The molecule has 1 fully saturated rings. The van der Waals surface area contributed by atoms with Crippen molar-refractivity contribution in [1.82, 2.24) is 4.90 Å². The highest BCUT2D eigenvalue weighted by atomic mass is 32.2. The van der Waals surface area contributed by atoms with E-state index in [0.29, 0.717) is 11.4 Å². The largest absolute Gasteiger partial charge is 0.481 e. The molecule has 7 heteroatoms. The highest BCUT2D eigenvalue weighted by Crippen LogP contribution is 2.21. The number of likely N-dealkylation sites (tertiary alicyclic amines) is 1. The Labute approximate surface area is 144 Å². The lowest BCUT2D eigenvalue weighted by atomic mass is 10.2. The minimum Gasteiger partial charge on any atom is -0.481 e. The fourth-order valence-electron chi connectivity index (χ4n) is 2.73. The lowest BCUT2D eigenvalue weighted by Crippen LogP contribution is -2.41. The maximum absolute atomic E-state index is 12.5. The number of hydrogen-bond donors (Lipinski definition) is 0. The Morgan fingerprint density at radius 3 is 2.17 bits per heavy atom. The van der Waals surface area contributed by atoms with Gasteiger partial charge in [0, 0.05) is 20.1 Å². The molecule has 0 saturated carbocycles. The van der Waals surface area contributed by atoms with Gasteiger partial charge >= 0.3 is 0 Å². The molecule has 1 aromatic carbocycles. The molecule has 0 aromatic heterocycles. The molecule has 1 heterocycles. The van der Waals surface area contributed by atoms with Gasteiger partial charge in [0.25, 0.3) is 5.91 Å². The van der Waals surface area contributed by atoms with Crippen LogP contribution in [0.25, 0.3) is 0 Å². The molecule has 0 radical (unpaired) electrons. The van der Waals surface area contributed by atoms with Gasteiger partial charge in [0.2, 0.25) is 10.0 Å². The lowest BCUT2D eigenvalue weighted by molar-refractivity contribution is -0.137. The number of benzene rings is 1. The Kier molecular flexibility index (Phi) is 6.10. The first-order valence-electron chi connectivity index (χ1n) is 8.28. The third kappa shape index (κ3) is 4.87. The van der Waals surface area contributed by atoms with Crippen molar-refractivity contribution >= 4 is 21.6 Å². The predicted molar refractivity (Wildman–Crippen MR) is 94.8 cm³/mol. The molecule has 1 aromatic rings. The molecular weight excluding hydrogens is 328 g/mol. The van der Waals surface area contributed by atoms with E-state index in [1.807, 2.05) is 4.90 Å². The van der Waals surface area contributed by atoms with Crippen LogP contribution in [0.15, 0.2) is 24.3 Å². The topological polar surface area (TPSA) is 66.9 Å². The molecule has 0 aliphatic carbocycles. The normalized spacial score (nSPS) is 17.0. The Morgan fingerprint density at radius 1 is 1.12 bits per heavy atom. The van der Waals surface area contributed by atoms with Gasteiger partial charge in [0.05, 0.1) is 11.9 Å². The van der Waals surface area contributed by atoms with E-state index in [9.17, 15) is 13.2 Å². The van der Waals surface area contributed by atoms with Gasteiger partial charge < -0.3 is 9.64 Å². The average molecular weight is 354 g/mol. The summed E-state index contributed by atoms with van der Waals surface area (Å²) in [6.45, 7) is 3.35. The smallest absolute Gasteiger partial charge is 0.263 e. The second-order valence-corrected chi connectivity index (χ2v) is 8.24. The minimum atomic E-state index is -3.29. The van der Waals surface area contributed by atoms with Crippen molar-refractivity contribution in [3.63, 3.8) is 0 Å². The monoisotopic (exact) mass is 354 g/mol. The molecular formula is C17H26N2O4S. The number of hydrogen-bond acceptors (Lipinski definition) is 4. The second kappa shape index (κ2) is 7.88. The first-order valence-corrected chi connectivity index (χ1v) is 10.1. The number of carbonyl (C=O) groups is 1. The summed E-state index contributed by atoms with van der Waals surface area (Å²) in [7, 11) is -1.79. The van der Waals surface area contributed by atoms with Crippen LogP contribution in [-0.4, -0.2) is 51.7 Å². The van der Waals surface area contributed by atoms with Crippen molar-refractivity contribution < 1.29 is 17.9 Å². The van der Waals surface area contributed by atoms with Crippen LogP contribution < -0.4 is 9.04 Å². The Morgan fingerprint density at radius 2 is 1.67 bits per heavy atom. The van der Waals surface area contributed by atoms with Crippen LogP contribution in [-0.2, 0) is 14.8 Å². The first-order chi connectivity index (χ1) is 11.3. The zero-order valence-corrected chi connectivity index (χ0v) is 15.4. The van der Waals surface area contributed by atoms with Gasteiger partial charge in [-0.2, -0.15) is 0 Å². The molecule has 1 aliphatic rings. The van der Waals surface area contributed by atoms with Crippen LogP contribution in [0.2, 0.25) is 0 Å².